The first-order chi connectivity index (χ1) is 43.6. The number of piperazine rings is 1. The van der Waals surface area contributed by atoms with Crippen molar-refractivity contribution in [1.82, 2.24) is 29.4 Å². The Morgan fingerprint density at radius 1 is 0.154 bits per heavy atom. The monoisotopic (exact) mass is 1470 g/mol. The molecule has 6 nitrogen and oxygen atoms in total. The molecule has 632 valence electrons. The Labute approximate surface area is 664 Å². The van der Waals surface area contributed by atoms with E-state index >= 15 is 0 Å². The van der Waals surface area contributed by atoms with Crippen molar-refractivity contribution < 1.29 is 0 Å². The summed E-state index contributed by atoms with van der Waals surface area (Å²) in [5.74, 6) is 3.32. The number of piperidine rings is 4. The summed E-state index contributed by atoms with van der Waals surface area (Å²) in [6.07, 6.45) is 10.9. The minimum absolute atomic E-state index is 0. The predicted molar refractivity (Wildman–Crippen MR) is 481 cm³/mol. The van der Waals surface area contributed by atoms with Crippen molar-refractivity contribution in [1.29, 1.82) is 0 Å². The Hall–Kier alpha value is -0.240. The molecular weight excluding hydrogens is 1260 g/mol. The molecule has 2 unspecified atom stereocenters. The molecule has 5 heterocycles. The topological polar surface area (TPSA) is 19.4 Å². The van der Waals surface area contributed by atoms with E-state index in [4.69, 9.17) is 0 Å². The Kier molecular flexibility index (Phi) is 39.1. The molecule has 0 bridgehead atoms. The predicted octanol–water partition coefficient (Wildman–Crippen LogP) is 29.2. The SMILES string of the molecule is C.C.C.C.CC(C)(C)C(C)(C)C1CCCN(C(C)(C)C(C)(C)C)C1.CC(C)(C)C(C)(C)C1CCCN(C(C)(C)C(C)(C)C)C1.CC(C)(C)C(C)(C)C1CCN(C(C)(C)C(C)(C)C)CC1.CC(C)(C)C(C)(C)C1CCN(C(C)(C)C(C)(C)C)CC1.CC(C)(C)C(C)(C)N1CCN(C(C)(C)C(C)(C)C)CC1. The summed E-state index contributed by atoms with van der Waals surface area (Å²) in [5.41, 5.74) is 6.67. The lowest BCUT2D eigenvalue weighted by Gasteiger charge is -2.55. The van der Waals surface area contributed by atoms with Crippen LogP contribution in [0, 0.1) is 99.5 Å². The van der Waals surface area contributed by atoms with Crippen molar-refractivity contribution in [2.45, 2.75) is 460 Å². The van der Waals surface area contributed by atoms with E-state index in [9.17, 15) is 0 Å². The maximum Gasteiger partial charge on any atom is 0.0202 e. The first-order valence-corrected chi connectivity index (χ1v) is 42.1. The molecule has 0 aromatic rings. The summed E-state index contributed by atoms with van der Waals surface area (Å²) in [5, 5.41) is 0. The number of hydrogen-bond donors (Lipinski definition) is 0. The molecule has 0 aromatic heterocycles. The lowest BCUT2D eigenvalue weighted by Crippen LogP contribution is -2.64. The molecular formula is C98H210N6. The summed E-state index contributed by atoms with van der Waals surface area (Å²) in [6, 6.07) is 0. The van der Waals surface area contributed by atoms with E-state index in [1.54, 1.807) is 0 Å². The van der Waals surface area contributed by atoms with Gasteiger partial charge in [-0.2, -0.15) is 0 Å². The van der Waals surface area contributed by atoms with Gasteiger partial charge in [0.1, 0.15) is 0 Å². The Bertz CT molecular complexity index is 2000. The molecule has 0 radical (unpaired) electrons. The first-order valence-electron chi connectivity index (χ1n) is 42.1. The fraction of sp³-hybridized carbons (Fsp3) is 1.00. The molecule has 0 spiro atoms. The van der Waals surface area contributed by atoms with Crippen LogP contribution in [0.3, 0.4) is 0 Å². The van der Waals surface area contributed by atoms with E-state index in [0.717, 1.165) is 23.7 Å². The van der Waals surface area contributed by atoms with Crippen LogP contribution in [0.15, 0.2) is 0 Å². The van der Waals surface area contributed by atoms with Crippen LogP contribution < -0.4 is 0 Å². The zero-order valence-electron chi connectivity index (χ0n) is 79.1. The van der Waals surface area contributed by atoms with Crippen LogP contribution in [0.4, 0.5) is 0 Å². The summed E-state index contributed by atoms with van der Waals surface area (Å²) >= 11 is 0. The highest BCUT2D eigenvalue weighted by atomic mass is 15.3. The van der Waals surface area contributed by atoms with E-state index in [1.165, 1.54) is 130 Å². The maximum absolute atomic E-state index is 2.76. The van der Waals surface area contributed by atoms with Crippen molar-refractivity contribution >= 4 is 0 Å². The van der Waals surface area contributed by atoms with Crippen LogP contribution >= 0.6 is 0 Å². The van der Waals surface area contributed by atoms with E-state index in [1.807, 2.05) is 0 Å². The third-order valence-electron chi connectivity index (χ3n) is 34.7. The molecule has 5 aliphatic rings. The van der Waals surface area contributed by atoms with Crippen LogP contribution in [0.1, 0.15) is 427 Å². The maximum atomic E-state index is 2.76. The Morgan fingerprint density at radius 3 is 0.452 bits per heavy atom. The fourth-order valence-electron chi connectivity index (χ4n) is 15.6. The third kappa shape index (κ3) is 25.9. The normalized spacial score (nSPS) is 21.5. The molecule has 5 aliphatic heterocycles. The molecule has 5 saturated heterocycles. The van der Waals surface area contributed by atoms with Crippen LogP contribution in [-0.2, 0) is 0 Å². The molecule has 2 atom stereocenters. The summed E-state index contributed by atoms with van der Waals surface area (Å²) in [4.78, 5) is 16.3. The van der Waals surface area contributed by atoms with E-state index in [0.29, 0.717) is 75.8 Å². The van der Waals surface area contributed by atoms with Crippen molar-refractivity contribution in [3.05, 3.63) is 0 Å². The van der Waals surface area contributed by atoms with E-state index < -0.39 is 0 Å². The van der Waals surface area contributed by atoms with Crippen LogP contribution in [0.25, 0.3) is 0 Å². The highest BCUT2D eigenvalue weighted by Crippen LogP contribution is 2.54. The number of likely N-dealkylation sites (tertiary alicyclic amines) is 4. The average molecular weight is 1470 g/mol. The summed E-state index contributed by atoms with van der Waals surface area (Å²) in [7, 11) is 0. The van der Waals surface area contributed by atoms with Crippen molar-refractivity contribution in [3.8, 4) is 0 Å². The minimum Gasteiger partial charge on any atom is -0.298 e. The van der Waals surface area contributed by atoms with Gasteiger partial charge in [-0.1, -0.05) is 293 Å². The highest BCUT2D eigenvalue weighted by Gasteiger charge is 2.51. The van der Waals surface area contributed by atoms with Crippen LogP contribution in [0.5, 0.6) is 0 Å². The smallest absolute Gasteiger partial charge is 0.0202 e. The molecule has 5 fully saturated rings. The van der Waals surface area contributed by atoms with Gasteiger partial charge in [-0.15, -0.1) is 0 Å². The van der Waals surface area contributed by atoms with Gasteiger partial charge in [0.05, 0.1) is 0 Å². The fourth-order valence-corrected chi connectivity index (χ4v) is 15.6. The van der Waals surface area contributed by atoms with Crippen LogP contribution in [0.2, 0.25) is 0 Å². The standard InChI is InChI=1S/4C19H39N.C18H38N2.4CH4/c2*1-16(2,3)18(7,8)15-11-13-20(14-12-15)19(9,10)17(4,5)6;2*1-16(2,3)18(7,8)15-12-11-13-20(14-15)19(9,10)17(4,5)6;1-15(2,3)17(7,8)19-11-13-20(14-12-19)18(9,10)16(4,5)6;;;;/h4*15H,11-14H2,1-10H3;11-14H2,1-10H3;4*1H4. The second-order valence-electron chi connectivity index (χ2n) is 49.8. The lowest BCUT2D eigenvalue weighted by atomic mass is 9.59. The van der Waals surface area contributed by atoms with Gasteiger partial charge in [-0.25, -0.2) is 0 Å². The van der Waals surface area contributed by atoms with E-state index in [2.05, 4.69) is 376 Å². The molecule has 5 rings (SSSR count). The van der Waals surface area contributed by atoms with Gasteiger partial charge in [0, 0.05) is 72.5 Å². The van der Waals surface area contributed by atoms with Gasteiger partial charge in [-0.3, -0.25) is 29.4 Å². The zero-order chi connectivity index (χ0) is 79.9. The Morgan fingerprint density at radius 2 is 0.298 bits per heavy atom. The molecule has 0 aliphatic carbocycles. The second kappa shape index (κ2) is 36.9. The van der Waals surface area contributed by atoms with Crippen molar-refractivity contribution in [2.75, 3.05) is 78.5 Å². The quantitative estimate of drug-likeness (QED) is 0.216. The zero-order valence-corrected chi connectivity index (χ0v) is 79.1. The molecule has 6 heteroatoms. The molecule has 104 heavy (non-hydrogen) atoms. The van der Waals surface area contributed by atoms with Gasteiger partial charge in [0.2, 0.25) is 0 Å². The van der Waals surface area contributed by atoms with Crippen molar-refractivity contribution in [3.63, 3.8) is 0 Å². The van der Waals surface area contributed by atoms with Gasteiger partial charge in [0.25, 0.3) is 0 Å². The van der Waals surface area contributed by atoms with E-state index in [-0.39, 0.29) is 62.9 Å². The molecule has 0 N–H and O–H groups in total. The van der Waals surface area contributed by atoms with Gasteiger partial charge in [-0.05, 0) is 273 Å². The average Bonchev–Trinajstić information content (AvgIpc) is 0.788. The highest BCUT2D eigenvalue weighted by molar-refractivity contribution is 5.05. The largest absolute Gasteiger partial charge is 0.298 e. The molecule has 0 saturated carbocycles. The first kappa shape index (κ1) is 110. The number of nitrogens with zero attached hydrogens (tertiary/aromatic N) is 6. The van der Waals surface area contributed by atoms with Crippen LogP contribution in [-0.4, -0.2) is 141 Å². The van der Waals surface area contributed by atoms with Gasteiger partial charge in [0.15, 0.2) is 0 Å². The Balaban J connectivity index is -0.000000595. The van der Waals surface area contributed by atoms with Gasteiger partial charge >= 0.3 is 0 Å². The lowest BCUT2D eigenvalue weighted by molar-refractivity contribution is -0.0590. The minimum atomic E-state index is 0. The second-order valence-corrected chi connectivity index (χ2v) is 49.8. The molecule has 0 aromatic carbocycles. The van der Waals surface area contributed by atoms with Crippen molar-refractivity contribution in [2.24, 2.45) is 99.5 Å². The third-order valence-corrected chi connectivity index (χ3v) is 34.7. The number of rotatable bonds is 10. The number of hydrogen-bond acceptors (Lipinski definition) is 6. The van der Waals surface area contributed by atoms with Gasteiger partial charge < -0.3 is 0 Å². The summed E-state index contributed by atoms with van der Waals surface area (Å²) < 4.78 is 0. The molecule has 0 amide bonds. The summed E-state index contributed by atoms with van der Waals surface area (Å²) in [6.45, 7) is 135.